The van der Waals surface area contributed by atoms with Crippen LogP contribution in [0.2, 0.25) is 0 Å². The van der Waals surface area contributed by atoms with Crippen molar-refractivity contribution in [2.45, 2.75) is 143 Å². The second-order valence-corrected chi connectivity index (χ2v) is 10.5. The molecule has 194 valence electrons. The lowest BCUT2D eigenvalue weighted by molar-refractivity contribution is -0.941. The van der Waals surface area contributed by atoms with Gasteiger partial charge in [-0.3, -0.25) is 0 Å². The molecule has 1 N–H and O–H groups in total. The van der Waals surface area contributed by atoms with Gasteiger partial charge in [-0.25, -0.2) is 0 Å². The molecule has 0 amide bonds. The molecule has 0 atom stereocenters. The topological polar surface area (TPSA) is 30.0 Å². The Labute approximate surface area is 208 Å². The summed E-state index contributed by atoms with van der Waals surface area (Å²) in [6, 6.07) is 11.2. The van der Waals surface area contributed by atoms with Gasteiger partial charge in [0, 0.05) is 5.56 Å². The van der Waals surface area contributed by atoms with Gasteiger partial charge in [-0.15, -0.1) is 0 Å². The van der Waals surface area contributed by atoms with Gasteiger partial charge in [-0.05, 0) is 25.7 Å². The monoisotopic (exact) mass is 461 g/mol. The van der Waals surface area contributed by atoms with Gasteiger partial charge >= 0.3 is 0 Å². The average Bonchev–Trinajstić information content (AvgIpc) is 2.80. The Morgan fingerprint density at radius 1 is 0.455 bits per heavy atom. The summed E-state index contributed by atoms with van der Waals surface area (Å²) in [5.41, 5.74) is 1.52. The smallest absolute Gasteiger partial charge is 0.104 e. The molecule has 0 aliphatic rings. The minimum absolute atomic E-state index is 0. The van der Waals surface area contributed by atoms with E-state index in [2.05, 4.69) is 51.1 Å². The van der Waals surface area contributed by atoms with Crippen molar-refractivity contribution in [1.29, 1.82) is 0 Å². The summed E-state index contributed by atoms with van der Waals surface area (Å²) in [6.07, 6.45) is 25.8. The molecule has 0 unspecified atom stereocenters. The third kappa shape index (κ3) is 17.3. The third-order valence-corrected chi connectivity index (χ3v) is 7.24. The first-order valence-corrected chi connectivity index (χ1v) is 14.7. The highest BCUT2D eigenvalue weighted by atomic mass is 16.0. The number of benzene rings is 1. The Morgan fingerprint density at radius 3 is 1.24 bits per heavy atom. The van der Waals surface area contributed by atoms with Crippen molar-refractivity contribution in [3.8, 4) is 0 Å². The van der Waals surface area contributed by atoms with E-state index in [1.165, 1.54) is 152 Å². The van der Waals surface area contributed by atoms with Crippen LogP contribution in [0.25, 0.3) is 0 Å². The molecule has 0 aromatic heterocycles. The molecular formula is C31H59NO. The molecule has 1 aromatic carbocycles. The van der Waals surface area contributed by atoms with Crippen LogP contribution in [-0.2, 0) is 6.54 Å². The van der Waals surface area contributed by atoms with E-state index in [-0.39, 0.29) is 5.48 Å². The Hall–Kier alpha value is -0.860. The van der Waals surface area contributed by atoms with Gasteiger partial charge in [0.15, 0.2) is 0 Å². The number of quaternary nitrogens is 1. The van der Waals surface area contributed by atoms with Crippen LogP contribution < -0.4 is 0 Å². The zero-order chi connectivity index (χ0) is 23.2. The van der Waals surface area contributed by atoms with Crippen molar-refractivity contribution in [3.63, 3.8) is 0 Å². The highest BCUT2D eigenvalue weighted by Crippen LogP contribution is 2.20. The zero-order valence-electron chi connectivity index (χ0n) is 22.8. The van der Waals surface area contributed by atoms with E-state index in [9.17, 15) is 0 Å². The molecule has 1 rings (SSSR count). The van der Waals surface area contributed by atoms with Crippen LogP contribution >= 0.6 is 0 Å². The lowest BCUT2D eigenvalue weighted by atomic mass is 10.0. The minimum Gasteiger partial charge on any atom is -0.870 e. The molecule has 0 saturated carbocycles. The van der Waals surface area contributed by atoms with E-state index in [1.807, 2.05) is 0 Å². The number of unbranched alkanes of at least 4 members (excludes halogenated alkanes) is 15. The molecule has 0 spiro atoms. The van der Waals surface area contributed by atoms with E-state index in [0.29, 0.717) is 0 Å². The van der Waals surface area contributed by atoms with Crippen molar-refractivity contribution in [3.05, 3.63) is 35.9 Å². The standard InChI is InChI=1S/C31H58N.H2O/c1-4-7-8-9-10-11-12-13-14-15-16-17-18-19-20-24-29-32(27-5-2,28-6-3)30-31-25-22-21-23-26-31;/h21-23,25-26H,4-20,24,27-30H2,1-3H3;1H2/q+1;/p-1. The molecule has 2 heteroatoms. The fourth-order valence-electron chi connectivity index (χ4n) is 5.49. The number of rotatable bonds is 23. The van der Waals surface area contributed by atoms with E-state index in [4.69, 9.17) is 0 Å². The van der Waals surface area contributed by atoms with Gasteiger partial charge in [0.1, 0.15) is 6.54 Å². The van der Waals surface area contributed by atoms with Gasteiger partial charge in [0.2, 0.25) is 0 Å². The fourth-order valence-corrected chi connectivity index (χ4v) is 5.49. The normalized spacial score (nSPS) is 11.5. The van der Waals surface area contributed by atoms with Crippen LogP contribution in [0.15, 0.2) is 30.3 Å². The lowest BCUT2D eigenvalue weighted by Crippen LogP contribution is -2.49. The van der Waals surface area contributed by atoms with Gasteiger partial charge in [-0.2, -0.15) is 0 Å². The summed E-state index contributed by atoms with van der Waals surface area (Å²) < 4.78 is 1.30. The molecule has 0 bridgehead atoms. The lowest BCUT2D eigenvalue weighted by Gasteiger charge is -2.39. The molecule has 2 nitrogen and oxygen atoms in total. The summed E-state index contributed by atoms with van der Waals surface area (Å²) >= 11 is 0. The highest BCUT2D eigenvalue weighted by molar-refractivity contribution is 5.13. The van der Waals surface area contributed by atoms with E-state index in [1.54, 1.807) is 0 Å². The maximum atomic E-state index is 2.36. The summed E-state index contributed by atoms with van der Waals surface area (Å²) in [4.78, 5) is 0. The summed E-state index contributed by atoms with van der Waals surface area (Å²) in [7, 11) is 0. The molecule has 33 heavy (non-hydrogen) atoms. The van der Waals surface area contributed by atoms with E-state index >= 15 is 0 Å². The third-order valence-electron chi connectivity index (χ3n) is 7.24. The predicted octanol–water partition coefficient (Wildman–Crippen LogP) is 9.91. The molecular weight excluding hydrogens is 402 g/mol. The average molecular weight is 462 g/mol. The number of hydrogen-bond donors (Lipinski definition) is 0. The van der Waals surface area contributed by atoms with Gasteiger partial charge in [0.05, 0.1) is 19.6 Å². The van der Waals surface area contributed by atoms with Crippen LogP contribution in [0.1, 0.15) is 142 Å². The van der Waals surface area contributed by atoms with Gasteiger partial charge in [0.25, 0.3) is 0 Å². The first kappa shape index (κ1) is 32.1. The molecule has 0 heterocycles. The SMILES string of the molecule is CCCCCCCCCCCCCCCCCC[N+](CCC)(CCC)Cc1ccccc1.[OH-]. The Kier molecular flexibility index (Phi) is 22.3. The van der Waals surface area contributed by atoms with E-state index < -0.39 is 0 Å². The number of hydrogen-bond acceptors (Lipinski definition) is 1. The summed E-state index contributed by atoms with van der Waals surface area (Å²) in [6.45, 7) is 12.3. The summed E-state index contributed by atoms with van der Waals surface area (Å²) in [5.74, 6) is 0. The zero-order valence-corrected chi connectivity index (χ0v) is 22.8. The van der Waals surface area contributed by atoms with Gasteiger partial charge in [-0.1, -0.05) is 141 Å². The Morgan fingerprint density at radius 2 is 0.848 bits per heavy atom. The van der Waals surface area contributed by atoms with Crippen LogP contribution in [0.3, 0.4) is 0 Å². The van der Waals surface area contributed by atoms with Gasteiger partial charge < -0.3 is 9.96 Å². The second kappa shape index (κ2) is 22.9. The van der Waals surface area contributed by atoms with Crippen LogP contribution in [0.5, 0.6) is 0 Å². The molecule has 0 radical (unpaired) electrons. The highest BCUT2D eigenvalue weighted by Gasteiger charge is 2.25. The Balaban J connectivity index is 0.0000102. The quantitative estimate of drug-likeness (QED) is 0.118. The van der Waals surface area contributed by atoms with Crippen LogP contribution in [-0.4, -0.2) is 29.6 Å². The second-order valence-electron chi connectivity index (χ2n) is 10.5. The molecule has 0 aliphatic carbocycles. The maximum Gasteiger partial charge on any atom is 0.104 e. The number of nitrogens with zero attached hydrogens (tertiary/aromatic N) is 1. The van der Waals surface area contributed by atoms with Crippen molar-refractivity contribution < 1.29 is 9.96 Å². The van der Waals surface area contributed by atoms with Crippen molar-refractivity contribution in [2.24, 2.45) is 0 Å². The van der Waals surface area contributed by atoms with Crippen LogP contribution in [0.4, 0.5) is 0 Å². The first-order valence-electron chi connectivity index (χ1n) is 14.7. The Bertz CT molecular complexity index is 495. The minimum atomic E-state index is 0. The first-order chi connectivity index (χ1) is 15.8. The molecule has 1 aromatic rings. The van der Waals surface area contributed by atoms with Crippen molar-refractivity contribution in [2.75, 3.05) is 19.6 Å². The predicted molar refractivity (Wildman–Crippen MR) is 147 cm³/mol. The largest absolute Gasteiger partial charge is 0.870 e. The van der Waals surface area contributed by atoms with Crippen molar-refractivity contribution >= 4 is 0 Å². The van der Waals surface area contributed by atoms with E-state index in [0.717, 1.165) is 0 Å². The molecule has 0 aliphatic heterocycles. The van der Waals surface area contributed by atoms with Crippen molar-refractivity contribution in [1.82, 2.24) is 0 Å². The molecule has 0 fully saturated rings. The van der Waals surface area contributed by atoms with Crippen LogP contribution in [0, 0.1) is 0 Å². The molecule has 0 saturated heterocycles. The summed E-state index contributed by atoms with van der Waals surface area (Å²) in [5, 5.41) is 0. The maximum absolute atomic E-state index is 2.36. The fraction of sp³-hybridized carbons (Fsp3) is 0.806.